The van der Waals surface area contributed by atoms with Crippen LogP contribution in [-0.2, 0) is 0 Å². The van der Waals surface area contributed by atoms with Crippen molar-refractivity contribution in [3.63, 3.8) is 0 Å². The fourth-order valence-corrected chi connectivity index (χ4v) is 2.85. The molecule has 1 saturated heterocycles. The van der Waals surface area contributed by atoms with E-state index >= 15 is 0 Å². The van der Waals surface area contributed by atoms with Gasteiger partial charge in [-0.05, 0) is 44.5 Å². The van der Waals surface area contributed by atoms with E-state index in [-0.39, 0.29) is 5.91 Å². The van der Waals surface area contributed by atoms with Gasteiger partial charge in [-0.3, -0.25) is 4.79 Å². The smallest absolute Gasteiger partial charge is 0.253 e. The standard InChI is InChI=1S/C17H27N3O/c1-4-11-19(5-2)16-8-6-15(7-9-16)17(21)20-12-10-18-14(3)13-20/h6-9,14,18H,4-5,10-13H2,1-3H3. The monoisotopic (exact) mass is 289 g/mol. The number of anilines is 1. The summed E-state index contributed by atoms with van der Waals surface area (Å²) in [6.07, 6.45) is 1.13. The van der Waals surface area contributed by atoms with E-state index in [1.165, 1.54) is 5.69 Å². The Kier molecular flexibility index (Phi) is 5.62. The van der Waals surface area contributed by atoms with Crippen molar-refractivity contribution in [3.8, 4) is 0 Å². The summed E-state index contributed by atoms with van der Waals surface area (Å²) in [5.41, 5.74) is 1.99. The van der Waals surface area contributed by atoms with E-state index in [0.29, 0.717) is 6.04 Å². The maximum absolute atomic E-state index is 12.5. The normalized spacial score (nSPS) is 18.6. The van der Waals surface area contributed by atoms with Gasteiger partial charge in [0.25, 0.3) is 5.91 Å². The Morgan fingerprint density at radius 3 is 2.62 bits per heavy atom. The van der Waals surface area contributed by atoms with Crippen molar-refractivity contribution in [2.75, 3.05) is 37.6 Å². The van der Waals surface area contributed by atoms with Crippen LogP contribution in [0.5, 0.6) is 0 Å². The van der Waals surface area contributed by atoms with Crippen molar-refractivity contribution >= 4 is 11.6 Å². The zero-order valence-corrected chi connectivity index (χ0v) is 13.4. The lowest BCUT2D eigenvalue weighted by Gasteiger charge is -2.32. The average molecular weight is 289 g/mol. The molecule has 1 amide bonds. The molecule has 1 fully saturated rings. The number of piperazine rings is 1. The van der Waals surface area contributed by atoms with Crippen LogP contribution in [0.4, 0.5) is 5.69 Å². The maximum Gasteiger partial charge on any atom is 0.253 e. The largest absolute Gasteiger partial charge is 0.372 e. The van der Waals surface area contributed by atoms with Crippen LogP contribution in [0.1, 0.15) is 37.6 Å². The predicted octanol–water partition coefficient (Wildman–Crippen LogP) is 2.36. The number of hydrogen-bond donors (Lipinski definition) is 1. The van der Waals surface area contributed by atoms with Crippen molar-refractivity contribution in [2.24, 2.45) is 0 Å². The van der Waals surface area contributed by atoms with Gasteiger partial charge in [-0.25, -0.2) is 0 Å². The molecule has 1 unspecified atom stereocenters. The van der Waals surface area contributed by atoms with Gasteiger partial charge in [0.2, 0.25) is 0 Å². The summed E-state index contributed by atoms with van der Waals surface area (Å²) < 4.78 is 0. The first-order chi connectivity index (χ1) is 10.2. The van der Waals surface area contributed by atoms with Crippen molar-refractivity contribution in [2.45, 2.75) is 33.2 Å². The van der Waals surface area contributed by atoms with E-state index in [9.17, 15) is 4.79 Å². The molecule has 1 aromatic rings. The highest BCUT2D eigenvalue weighted by atomic mass is 16.2. The molecular formula is C17H27N3O. The second-order valence-electron chi connectivity index (χ2n) is 5.73. The van der Waals surface area contributed by atoms with Gasteiger partial charge in [-0.1, -0.05) is 6.92 Å². The number of carbonyl (C=O) groups is 1. The number of hydrogen-bond acceptors (Lipinski definition) is 3. The Balaban J connectivity index is 2.05. The molecule has 0 aliphatic carbocycles. The van der Waals surface area contributed by atoms with E-state index in [1.807, 2.05) is 17.0 Å². The van der Waals surface area contributed by atoms with Crippen LogP contribution in [-0.4, -0.2) is 49.6 Å². The minimum atomic E-state index is 0.147. The number of nitrogens with one attached hydrogen (secondary N) is 1. The molecule has 1 heterocycles. The van der Waals surface area contributed by atoms with Gasteiger partial charge in [-0.15, -0.1) is 0 Å². The summed E-state index contributed by atoms with van der Waals surface area (Å²) in [5.74, 6) is 0.147. The molecule has 0 bridgehead atoms. The molecule has 2 rings (SSSR count). The molecule has 21 heavy (non-hydrogen) atoms. The maximum atomic E-state index is 12.5. The predicted molar refractivity (Wildman–Crippen MR) is 88.0 cm³/mol. The van der Waals surface area contributed by atoms with Gasteiger partial charge in [0.1, 0.15) is 0 Å². The SMILES string of the molecule is CCCN(CC)c1ccc(C(=O)N2CCNC(C)C2)cc1. The van der Waals surface area contributed by atoms with E-state index in [4.69, 9.17) is 0 Å². The molecule has 4 nitrogen and oxygen atoms in total. The average Bonchev–Trinajstić information content (AvgIpc) is 2.52. The highest BCUT2D eigenvalue weighted by Crippen LogP contribution is 2.17. The third-order valence-electron chi connectivity index (χ3n) is 4.01. The van der Waals surface area contributed by atoms with Crippen LogP contribution in [0.15, 0.2) is 24.3 Å². The lowest BCUT2D eigenvalue weighted by atomic mass is 10.1. The zero-order chi connectivity index (χ0) is 15.2. The summed E-state index contributed by atoms with van der Waals surface area (Å²) in [5, 5.41) is 3.36. The second-order valence-corrected chi connectivity index (χ2v) is 5.73. The van der Waals surface area contributed by atoms with Gasteiger partial charge < -0.3 is 15.1 Å². The molecule has 1 aliphatic rings. The quantitative estimate of drug-likeness (QED) is 0.904. The van der Waals surface area contributed by atoms with Crippen molar-refractivity contribution in [1.82, 2.24) is 10.2 Å². The van der Waals surface area contributed by atoms with Crippen LogP contribution >= 0.6 is 0 Å². The molecule has 0 radical (unpaired) electrons. The molecule has 0 saturated carbocycles. The minimum absolute atomic E-state index is 0.147. The molecule has 1 atom stereocenters. The number of carbonyl (C=O) groups excluding carboxylic acids is 1. The van der Waals surface area contributed by atoms with Gasteiger partial charge in [0, 0.05) is 50.0 Å². The van der Waals surface area contributed by atoms with Crippen LogP contribution in [0.3, 0.4) is 0 Å². The highest BCUT2D eigenvalue weighted by molar-refractivity contribution is 5.94. The Morgan fingerprint density at radius 2 is 2.05 bits per heavy atom. The molecule has 4 heteroatoms. The molecule has 1 aromatic carbocycles. The van der Waals surface area contributed by atoms with Gasteiger partial charge in [0.15, 0.2) is 0 Å². The van der Waals surface area contributed by atoms with Crippen LogP contribution in [0.25, 0.3) is 0 Å². The Bertz CT molecular complexity index is 458. The van der Waals surface area contributed by atoms with E-state index in [2.05, 4.69) is 43.1 Å². The number of nitrogens with zero attached hydrogens (tertiary/aromatic N) is 2. The molecule has 1 N–H and O–H groups in total. The first kappa shape index (κ1) is 15.8. The highest BCUT2D eigenvalue weighted by Gasteiger charge is 2.21. The zero-order valence-electron chi connectivity index (χ0n) is 13.4. The van der Waals surface area contributed by atoms with Crippen molar-refractivity contribution < 1.29 is 4.79 Å². The summed E-state index contributed by atoms with van der Waals surface area (Å²) in [4.78, 5) is 16.8. The Morgan fingerprint density at radius 1 is 1.33 bits per heavy atom. The molecule has 0 aromatic heterocycles. The van der Waals surface area contributed by atoms with E-state index < -0.39 is 0 Å². The second kappa shape index (κ2) is 7.46. The number of benzene rings is 1. The summed E-state index contributed by atoms with van der Waals surface area (Å²) in [7, 11) is 0. The first-order valence-corrected chi connectivity index (χ1v) is 8.03. The fourth-order valence-electron chi connectivity index (χ4n) is 2.85. The summed E-state index contributed by atoms with van der Waals surface area (Å²) in [6, 6.07) is 8.43. The van der Waals surface area contributed by atoms with Crippen LogP contribution in [0, 0.1) is 0 Å². The molecular weight excluding hydrogens is 262 g/mol. The molecule has 116 valence electrons. The van der Waals surface area contributed by atoms with Gasteiger partial charge in [0.05, 0.1) is 0 Å². The van der Waals surface area contributed by atoms with Gasteiger partial charge in [-0.2, -0.15) is 0 Å². The van der Waals surface area contributed by atoms with E-state index in [0.717, 1.165) is 44.7 Å². The Labute approximate surface area is 128 Å². The minimum Gasteiger partial charge on any atom is -0.372 e. The summed E-state index contributed by atoms with van der Waals surface area (Å²) in [6.45, 7) is 11.0. The topological polar surface area (TPSA) is 35.6 Å². The van der Waals surface area contributed by atoms with Crippen LogP contribution < -0.4 is 10.2 Å². The van der Waals surface area contributed by atoms with Crippen molar-refractivity contribution in [3.05, 3.63) is 29.8 Å². The molecule has 0 spiro atoms. The molecule has 1 aliphatic heterocycles. The van der Waals surface area contributed by atoms with Crippen LogP contribution in [0.2, 0.25) is 0 Å². The first-order valence-electron chi connectivity index (χ1n) is 8.03. The third-order valence-corrected chi connectivity index (χ3v) is 4.01. The number of amides is 1. The van der Waals surface area contributed by atoms with E-state index in [1.54, 1.807) is 0 Å². The van der Waals surface area contributed by atoms with Crippen molar-refractivity contribution in [1.29, 1.82) is 0 Å². The van der Waals surface area contributed by atoms with Gasteiger partial charge >= 0.3 is 0 Å². The lowest BCUT2D eigenvalue weighted by molar-refractivity contribution is 0.0709. The Hall–Kier alpha value is -1.55. The lowest BCUT2D eigenvalue weighted by Crippen LogP contribution is -2.51. The fraction of sp³-hybridized carbons (Fsp3) is 0.588. The summed E-state index contributed by atoms with van der Waals surface area (Å²) >= 11 is 0. The number of rotatable bonds is 5. The third kappa shape index (κ3) is 3.97.